The van der Waals surface area contributed by atoms with Gasteiger partial charge >= 0.3 is 0 Å². The van der Waals surface area contributed by atoms with E-state index in [1.807, 2.05) is 24.3 Å². The van der Waals surface area contributed by atoms with E-state index in [1.165, 1.54) is 0 Å². The molecule has 0 fully saturated rings. The molecule has 298 valence electrons. The first-order valence-electron chi connectivity index (χ1n) is 20.1. The number of hydrogen-bond donors (Lipinski definition) is 4. The lowest BCUT2D eigenvalue weighted by Crippen LogP contribution is -2.17. The van der Waals surface area contributed by atoms with E-state index in [9.17, 15) is 20.4 Å². The molecule has 0 spiro atoms. The van der Waals surface area contributed by atoms with Gasteiger partial charge in [-0.1, -0.05) is 178 Å². The fourth-order valence-corrected chi connectivity index (χ4v) is 8.33. The number of benzene rings is 5. The van der Waals surface area contributed by atoms with Gasteiger partial charge in [0.2, 0.25) is 0 Å². The van der Waals surface area contributed by atoms with Gasteiger partial charge in [-0.2, -0.15) is 0 Å². The Bertz CT molecular complexity index is 1960. The molecule has 0 saturated heterocycles. The molecule has 0 amide bonds. The van der Waals surface area contributed by atoms with Crippen LogP contribution < -0.4 is 0 Å². The maximum Gasteiger partial charge on any atom is 0.123 e. The summed E-state index contributed by atoms with van der Waals surface area (Å²) in [6.45, 7) is 33.5. The van der Waals surface area contributed by atoms with Crippen molar-refractivity contribution in [3.63, 3.8) is 0 Å². The fourth-order valence-electron chi connectivity index (χ4n) is 8.33. The lowest BCUT2D eigenvalue weighted by Gasteiger charge is -2.30. The van der Waals surface area contributed by atoms with Crippen molar-refractivity contribution in [2.45, 2.75) is 144 Å². The highest BCUT2D eigenvalue weighted by Gasteiger charge is 2.33. The Balaban J connectivity index is 1.86. The predicted octanol–water partition coefficient (Wildman–Crippen LogP) is 13.3. The quantitative estimate of drug-likeness (QED) is 0.130. The van der Waals surface area contributed by atoms with Crippen LogP contribution in [0.2, 0.25) is 0 Å². The maximum atomic E-state index is 12.1. The Morgan fingerprint density at radius 2 is 0.500 bits per heavy atom. The molecule has 0 radical (unpaired) electrons. The second-order valence-corrected chi connectivity index (χ2v) is 20.5. The Morgan fingerprint density at radius 1 is 0.321 bits per heavy atom. The van der Waals surface area contributed by atoms with E-state index in [0.717, 1.165) is 77.9 Å². The molecule has 0 atom stereocenters. The summed E-state index contributed by atoms with van der Waals surface area (Å²) in [7, 11) is 0. The topological polar surface area (TPSA) is 80.9 Å². The Labute approximate surface area is 337 Å². The van der Waals surface area contributed by atoms with E-state index in [-0.39, 0.29) is 44.7 Å². The summed E-state index contributed by atoms with van der Waals surface area (Å²) in [5.41, 5.74) is 11.0. The largest absolute Gasteiger partial charge is 0.507 e. The fraction of sp³-hybridized carbons (Fsp3) is 0.423. The highest BCUT2D eigenvalue weighted by atomic mass is 16.3. The van der Waals surface area contributed by atoms with Gasteiger partial charge in [0.15, 0.2) is 0 Å². The second-order valence-electron chi connectivity index (χ2n) is 20.5. The van der Waals surface area contributed by atoms with Gasteiger partial charge in [0.1, 0.15) is 23.0 Å². The summed E-state index contributed by atoms with van der Waals surface area (Å²) in [6, 6.07) is 24.7. The number of hydrogen-bond acceptors (Lipinski definition) is 4. The van der Waals surface area contributed by atoms with Crippen LogP contribution in [-0.4, -0.2) is 20.4 Å². The van der Waals surface area contributed by atoms with Crippen LogP contribution in [0.5, 0.6) is 23.0 Å². The Hall–Kier alpha value is -4.70. The molecule has 0 saturated carbocycles. The van der Waals surface area contributed by atoms with E-state index in [1.54, 1.807) is 0 Å². The number of aryl methyl sites for hydroxylation is 4. The second kappa shape index (κ2) is 14.7. The highest BCUT2D eigenvalue weighted by Crippen LogP contribution is 2.50. The summed E-state index contributed by atoms with van der Waals surface area (Å²) < 4.78 is 0. The number of phenols is 4. The molecule has 4 N–H and O–H groups in total. The molecule has 0 aliphatic heterocycles. The molecule has 0 aliphatic carbocycles. The molecule has 4 heteroatoms. The molecule has 5 aromatic carbocycles. The van der Waals surface area contributed by atoms with Gasteiger partial charge < -0.3 is 20.4 Å². The van der Waals surface area contributed by atoms with Crippen LogP contribution in [0, 0.1) is 27.7 Å². The number of aromatic hydroxyl groups is 4. The van der Waals surface area contributed by atoms with Crippen LogP contribution in [-0.2, 0) is 21.7 Å². The van der Waals surface area contributed by atoms with Crippen molar-refractivity contribution in [3.8, 4) is 23.0 Å². The van der Waals surface area contributed by atoms with Crippen molar-refractivity contribution in [2.24, 2.45) is 0 Å². The molecular formula is C52H66O4. The van der Waals surface area contributed by atoms with Gasteiger partial charge in [0.05, 0.1) is 0 Å². The SMILES string of the molecule is Cc1cc(C(c2ccc(C(c3cc(C)cc(C(C)(C)C)c3O)c3cc(C)cc(C(C)(C)C)c3O)cc2)c2cc(C)cc(C(C)(C)C)c2O)c(O)c(C(C)(C)C)c1. The Morgan fingerprint density at radius 3 is 0.661 bits per heavy atom. The van der Waals surface area contributed by atoms with E-state index in [2.05, 4.69) is 159 Å². The smallest absolute Gasteiger partial charge is 0.123 e. The van der Waals surface area contributed by atoms with Crippen molar-refractivity contribution in [1.82, 2.24) is 0 Å². The minimum atomic E-state index is -0.496. The lowest BCUT2D eigenvalue weighted by atomic mass is 9.74. The minimum absolute atomic E-state index is 0.229. The van der Waals surface area contributed by atoms with Crippen LogP contribution >= 0.6 is 0 Å². The molecule has 0 aromatic heterocycles. The zero-order valence-corrected chi connectivity index (χ0v) is 36.9. The van der Waals surface area contributed by atoms with E-state index < -0.39 is 11.8 Å². The van der Waals surface area contributed by atoms with E-state index >= 15 is 0 Å². The summed E-state index contributed by atoms with van der Waals surface area (Å²) in [5, 5.41) is 48.5. The third-order valence-electron chi connectivity index (χ3n) is 11.2. The maximum absolute atomic E-state index is 12.1. The molecule has 5 aromatic rings. The monoisotopic (exact) mass is 754 g/mol. The van der Waals surface area contributed by atoms with Crippen molar-refractivity contribution in [3.05, 3.63) is 151 Å². The summed E-state index contributed by atoms with van der Waals surface area (Å²) in [5.74, 6) is -0.0772. The molecule has 0 bridgehead atoms. The summed E-state index contributed by atoms with van der Waals surface area (Å²) in [6.07, 6.45) is 0. The van der Waals surface area contributed by atoms with Crippen LogP contribution in [0.1, 0.15) is 173 Å². The first-order chi connectivity index (χ1) is 25.6. The van der Waals surface area contributed by atoms with Gasteiger partial charge in [0.25, 0.3) is 0 Å². The summed E-state index contributed by atoms with van der Waals surface area (Å²) >= 11 is 0. The van der Waals surface area contributed by atoms with Crippen LogP contribution in [0.25, 0.3) is 0 Å². The van der Waals surface area contributed by atoms with Crippen molar-refractivity contribution in [1.29, 1.82) is 0 Å². The highest BCUT2D eigenvalue weighted by molar-refractivity contribution is 5.63. The van der Waals surface area contributed by atoms with E-state index in [4.69, 9.17) is 0 Å². The molecule has 0 unspecified atom stereocenters. The van der Waals surface area contributed by atoms with Crippen LogP contribution in [0.15, 0.2) is 72.8 Å². The first-order valence-corrected chi connectivity index (χ1v) is 20.1. The normalized spacial score (nSPS) is 12.9. The minimum Gasteiger partial charge on any atom is -0.507 e. The van der Waals surface area contributed by atoms with Gasteiger partial charge in [0, 0.05) is 34.1 Å². The average Bonchev–Trinajstić information content (AvgIpc) is 3.05. The van der Waals surface area contributed by atoms with Crippen LogP contribution in [0.3, 0.4) is 0 Å². The molecule has 5 rings (SSSR count). The number of phenolic OH excluding ortho intramolecular Hbond substituents is 4. The third kappa shape index (κ3) is 8.36. The average molecular weight is 755 g/mol. The van der Waals surface area contributed by atoms with Crippen molar-refractivity contribution >= 4 is 0 Å². The van der Waals surface area contributed by atoms with E-state index in [0.29, 0.717) is 0 Å². The molecular weight excluding hydrogens is 689 g/mol. The zero-order chi connectivity index (χ0) is 42.0. The molecule has 0 heterocycles. The summed E-state index contributed by atoms with van der Waals surface area (Å²) in [4.78, 5) is 0. The molecule has 4 nitrogen and oxygen atoms in total. The van der Waals surface area contributed by atoms with Gasteiger partial charge in [-0.25, -0.2) is 0 Å². The van der Waals surface area contributed by atoms with Crippen molar-refractivity contribution < 1.29 is 20.4 Å². The molecule has 56 heavy (non-hydrogen) atoms. The van der Waals surface area contributed by atoms with Crippen LogP contribution in [0.4, 0.5) is 0 Å². The molecule has 0 aliphatic rings. The first kappa shape index (κ1) is 42.4. The third-order valence-corrected chi connectivity index (χ3v) is 11.2. The zero-order valence-electron chi connectivity index (χ0n) is 36.9. The van der Waals surface area contributed by atoms with Crippen molar-refractivity contribution in [2.75, 3.05) is 0 Å². The standard InChI is InChI=1S/C52H66O4/c1-29-21-35(45(53)39(25-29)49(5,6)7)43(36-22-30(2)26-40(46(36)54)50(8,9)10)33-17-19-34(20-18-33)44(37-23-31(3)27-41(47(37)55)51(11,12)13)38-24-32(4)28-42(48(38)56)52(14,15)16/h17-28,43-44,53-56H,1-16H3. The Kier molecular flexibility index (Phi) is 11.1. The van der Waals surface area contributed by atoms with Gasteiger partial charge in [-0.05, 0) is 82.7 Å². The lowest BCUT2D eigenvalue weighted by molar-refractivity contribution is 0.430. The predicted molar refractivity (Wildman–Crippen MR) is 235 cm³/mol. The van der Waals surface area contributed by atoms with Gasteiger partial charge in [-0.3, -0.25) is 0 Å². The number of rotatable bonds is 6. The van der Waals surface area contributed by atoms with Gasteiger partial charge in [-0.15, -0.1) is 0 Å².